The van der Waals surface area contributed by atoms with Crippen LogP contribution in [0.5, 0.6) is 5.75 Å². The number of hydrogen-bond donors (Lipinski definition) is 3. The number of phenolic OH excluding ortho intramolecular Hbond substituents is 1. The summed E-state index contributed by atoms with van der Waals surface area (Å²) < 4.78 is 0. The summed E-state index contributed by atoms with van der Waals surface area (Å²) in [6, 6.07) is 8.51. The van der Waals surface area contributed by atoms with E-state index in [0.717, 1.165) is 0 Å². The van der Waals surface area contributed by atoms with Crippen LogP contribution in [0, 0.1) is 0 Å². The highest BCUT2D eigenvalue weighted by atomic mass is 16.4. The molecule has 0 spiro atoms. The molecule has 1 aromatic heterocycles. The lowest BCUT2D eigenvalue weighted by Gasteiger charge is -2.05. The predicted molar refractivity (Wildman–Crippen MR) is 67.3 cm³/mol. The lowest BCUT2D eigenvalue weighted by atomic mass is 10.2. The number of carbonyl (C=O) groups is 2. The SMILES string of the molecule is O=C(Nc1ccc(C(=O)O)nc1)c1ccc(O)cc1. The van der Waals surface area contributed by atoms with Gasteiger partial charge in [-0.25, -0.2) is 9.78 Å². The van der Waals surface area contributed by atoms with Crippen LogP contribution in [0.15, 0.2) is 42.6 Å². The Morgan fingerprint density at radius 2 is 1.74 bits per heavy atom. The number of amides is 1. The molecule has 0 saturated heterocycles. The number of aromatic nitrogens is 1. The van der Waals surface area contributed by atoms with Crippen LogP contribution in [0.25, 0.3) is 0 Å². The number of pyridine rings is 1. The first-order valence-electron chi connectivity index (χ1n) is 5.36. The number of nitrogens with one attached hydrogen (secondary N) is 1. The third-order valence-corrected chi connectivity index (χ3v) is 2.37. The summed E-state index contributed by atoms with van der Waals surface area (Å²) in [6.45, 7) is 0. The lowest BCUT2D eigenvalue weighted by molar-refractivity contribution is 0.0690. The zero-order chi connectivity index (χ0) is 13.8. The van der Waals surface area contributed by atoms with Crippen LogP contribution in [-0.4, -0.2) is 27.1 Å². The minimum atomic E-state index is -1.13. The first kappa shape index (κ1) is 12.6. The van der Waals surface area contributed by atoms with Crippen molar-refractivity contribution < 1.29 is 19.8 Å². The molecule has 0 aliphatic carbocycles. The summed E-state index contributed by atoms with van der Waals surface area (Å²) in [5.74, 6) is -1.43. The van der Waals surface area contributed by atoms with Crippen molar-refractivity contribution in [3.05, 3.63) is 53.9 Å². The van der Waals surface area contributed by atoms with E-state index in [0.29, 0.717) is 11.3 Å². The van der Waals surface area contributed by atoms with Crippen LogP contribution in [0.2, 0.25) is 0 Å². The Kier molecular flexibility index (Phi) is 3.42. The second-order valence-electron chi connectivity index (χ2n) is 3.74. The normalized spacial score (nSPS) is 9.89. The van der Waals surface area contributed by atoms with Gasteiger partial charge in [-0.2, -0.15) is 0 Å². The molecule has 2 aromatic rings. The van der Waals surface area contributed by atoms with Crippen LogP contribution in [0.3, 0.4) is 0 Å². The van der Waals surface area contributed by atoms with Gasteiger partial charge in [0.25, 0.3) is 5.91 Å². The smallest absolute Gasteiger partial charge is 0.354 e. The van der Waals surface area contributed by atoms with Crippen LogP contribution in [0.4, 0.5) is 5.69 Å². The third kappa shape index (κ3) is 3.06. The molecule has 0 atom stereocenters. The van der Waals surface area contributed by atoms with Gasteiger partial charge in [-0.15, -0.1) is 0 Å². The van der Waals surface area contributed by atoms with Crippen molar-refractivity contribution in [1.82, 2.24) is 4.98 Å². The minimum absolute atomic E-state index is 0.0732. The molecule has 0 bridgehead atoms. The maximum Gasteiger partial charge on any atom is 0.354 e. The van der Waals surface area contributed by atoms with Crippen LogP contribution in [-0.2, 0) is 0 Å². The molecule has 0 unspecified atom stereocenters. The molecule has 1 aromatic carbocycles. The number of phenols is 1. The Labute approximate surface area is 108 Å². The summed E-state index contributed by atoms with van der Waals surface area (Å²) in [7, 11) is 0. The molecular weight excluding hydrogens is 248 g/mol. The molecular formula is C13H10N2O4. The molecule has 1 amide bonds. The van der Waals surface area contributed by atoms with Gasteiger partial charge < -0.3 is 15.5 Å². The second-order valence-corrected chi connectivity index (χ2v) is 3.74. The Morgan fingerprint density at radius 3 is 2.26 bits per heavy atom. The van der Waals surface area contributed by atoms with E-state index in [2.05, 4.69) is 10.3 Å². The van der Waals surface area contributed by atoms with Gasteiger partial charge in [0.05, 0.1) is 11.9 Å². The summed E-state index contributed by atoms with van der Waals surface area (Å²) in [5, 5.41) is 20.4. The summed E-state index contributed by atoms with van der Waals surface area (Å²) in [6.07, 6.45) is 1.27. The minimum Gasteiger partial charge on any atom is -0.508 e. The zero-order valence-corrected chi connectivity index (χ0v) is 9.70. The Morgan fingerprint density at radius 1 is 1.05 bits per heavy atom. The largest absolute Gasteiger partial charge is 0.508 e. The number of carboxylic acids is 1. The maximum atomic E-state index is 11.8. The Balaban J connectivity index is 2.10. The van der Waals surface area contributed by atoms with Crippen LogP contribution >= 0.6 is 0 Å². The number of aromatic hydroxyl groups is 1. The van der Waals surface area contributed by atoms with Gasteiger partial charge in [-0.3, -0.25) is 4.79 Å². The number of nitrogens with zero attached hydrogens (tertiary/aromatic N) is 1. The van der Waals surface area contributed by atoms with Crippen molar-refractivity contribution in [3.8, 4) is 5.75 Å². The third-order valence-electron chi connectivity index (χ3n) is 2.37. The molecule has 0 aliphatic rings. The quantitative estimate of drug-likeness (QED) is 0.778. The van der Waals surface area contributed by atoms with E-state index in [1.807, 2.05) is 0 Å². The standard InChI is InChI=1S/C13H10N2O4/c16-10-4-1-8(2-5-10)12(17)15-9-3-6-11(13(18)19)14-7-9/h1-7,16H,(H,15,17)(H,18,19). The molecule has 0 aliphatic heterocycles. The van der Waals surface area contributed by atoms with E-state index in [-0.39, 0.29) is 17.4 Å². The van der Waals surface area contributed by atoms with Gasteiger partial charge in [0, 0.05) is 5.56 Å². The molecule has 19 heavy (non-hydrogen) atoms. The average molecular weight is 258 g/mol. The van der Waals surface area contributed by atoms with Gasteiger partial charge in [0.1, 0.15) is 11.4 Å². The molecule has 3 N–H and O–H groups in total. The number of aromatic carboxylic acids is 1. The number of anilines is 1. The molecule has 6 nitrogen and oxygen atoms in total. The summed E-state index contributed by atoms with van der Waals surface area (Å²) in [5.41, 5.74) is 0.672. The van der Waals surface area contributed by atoms with Gasteiger partial charge >= 0.3 is 5.97 Å². The zero-order valence-electron chi connectivity index (χ0n) is 9.70. The van der Waals surface area contributed by atoms with Crippen LogP contribution in [0.1, 0.15) is 20.8 Å². The predicted octanol–water partition coefficient (Wildman–Crippen LogP) is 1.74. The van der Waals surface area contributed by atoms with Crippen molar-refractivity contribution in [2.24, 2.45) is 0 Å². The molecule has 0 radical (unpaired) electrons. The highest BCUT2D eigenvalue weighted by molar-refractivity contribution is 6.04. The van der Waals surface area contributed by atoms with E-state index in [1.165, 1.54) is 42.6 Å². The van der Waals surface area contributed by atoms with Crippen molar-refractivity contribution in [2.45, 2.75) is 0 Å². The van der Waals surface area contributed by atoms with Gasteiger partial charge in [0.2, 0.25) is 0 Å². The second kappa shape index (κ2) is 5.18. The van der Waals surface area contributed by atoms with Crippen molar-refractivity contribution in [3.63, 3.8) is 0 Å². The number of carboxylic acid groups (broad SMARTS) is 1. The molecule has 2 rings (SSSR count). The number of rotatable bonds is 3. The summed E-state index contributed by atoms with van der Waals surface area (Å²) >= 11 is 0. The van der Waals surface area contributed by atoms with Crippen molar-refractivity contribution in [2.75, 3.05) is 5.32 Å². The van der Waals surface area contributed by atoms with Gasteiger partial charge in [-0.1, -0.05) is 0 Å². The molecule has 96 valence electrons. The molecule has 0 fully saturated rings. The number of benzene rings is 1. The number of carbonyl (C=O) groups excluding carboxylic acids is 1. The first-order valence-corrected chi connectivity index (χ1v) is 5.36. The Bertz CT molecular complexity index is 606. The van der Waals surface area contributed by atoms with Gasteiger partial charge in [-0.05, 0) is 36.4 Å². The van der Waals surface area contributed by atoms with Crippen molar-refractivity contribution >= 4 is 17.6 Å². The van der Waals surface area contributed by atoms with E-state index < -0.39 is 5.97 Å². The molecule has 1 heterocycles. The van der Waals surface area contributed by atoms with E-state index in [4.69, 9.17) is 10.2 Å². The monoisotopic (exact) mass is 258 g/mol. The Hall–Kier alpha value is -2.89. The topological polar surface area (TPSA) is 99.5 Å². The number of hydrogen-bond acceptors (Lipinski definition) is 4. The fraction of sp³-hybridized carbons (Fsp3) is 0. The fourth-order valence-corrected chi connectivity index (χ4v) is 1.41. The average Bonchev–Trinajstić information content (AvgIpc) is 2.40. The van der Waals surface area contributed by atoms with Crippen LogP contribution < -0.4 is 5.32 Å². The highest BCUT2D eigenvalue weighted by Gasteiger charge is 2.08. The lowest BCUT2D eigenvalue weighted by Crippen LogP contribution is -2.12. The highest BCUT2D eigenvalue weighted by Crippen LogP contribution is 2.12. The first-order chi connectivity index (χ1) is 9.06. The van der Waals surface area contributed by atoms with Gasteiger partial charge in [0.15, 0.2) is 0 Å². The van der Waals surface area contributed by atoms with E-state index >= 15 is 0 Å². The maximum absolute atomic E-state index is 11.8. The van der Waals surface area contributed by atoms with E-state index in [9.17, 15) is 9.59 Å². The fourth-order valence-electron chi connectivity index (χ4n) is 1.41. The van der Waals surface area contributed by atoms with E-state index in [1.54, 1.807) is 0 Å². The van der Waals surface area contributed by atoms with Crippen molar-refractivity contribution in [1.29, 1.82) is 0 Å². The molecule has 6 heteroatoms. The molecule has 0 saturated carbocycles. The summed E-state index contributed by atoms with van der Waals surface area (Å²) in [4.78, 5) is 26.1.